The van der Waals surface area contributed by atoms with E-state index in [1.165, 1.54) is 6.07 Å². The summed E-state index contributed by atoms with van der Waals surface area (Å²) in [5, 5.41) is 3.29. The fourth-order valence-corrected chi connectivity index (χ4v) is 1.99. The van der Waals surface area contributed by atoms with Crippen molar-refractivity contribution in [3.63, 3.8) is 0 Å². The van der Waals surface area contributed by atoms with Gasteiger partial charge in [-0.2, -0.15) is 0 Å². The van der Waals surface area contributed by atoms with E-state index >= 15 is 0 Å². The van der Waals surface area contributed by atoms with Crippen LogP contribution >= 0.6 is 0 Å². The Morgan fingerprint density at radius 2 is 2.41 bits per heavy atom. The van der Waals surface area contributed by atoms with Gasteiger partial charge in [0.15, 0.2) is 0 Å². The molecule has 2 unspecified atom stereocenters. The number of hydrogen-bond acceptors (Lipinski definition) is 4. The van der Waals surface area contributed by atoms with E-state index in [1.807, 2.05) is 6.92 Å². The quantitative estimate of drug-likeness (QED) is 0.812. The third-order valence-electron chi connectivity index (χ3n) is 3.13. The van der Waals surface area contributed by atoms with Crippen molar-refractivity contribution in [3.8, 4) is 5.88 Å². The Morgan fingerprint density at radius 1 is 1.59 bits per heavy atom. The molecule has 5 heteroatoms. The van der Waals surface area contributed by atoms with Crippen LogP contribution in [-0.4, -0.2) is 29.2 Å². The van der Waals surface area contributed by atoms with Gasteiger partial charge in [-0.25, -0.2) is 4.98 Å². The van der Waals surface area contributed by atoms with Gasteiger partial charge in [-0.15, -0.1) is 0 Å². The second-order valence-electron chi connectivity index (χ2n) is 4.51. The van der Waals surface area contributed by atoms with Crippen molar-refractivity contribution < 1.29 is 4.74 Å². The molecule has 94 valence electrons. The van der Waals surface area contributed by atoms with Gasteiger partial charge in [0, 0.05) is 13.0 Å². The lowest BCUT2D eigenvalue weighted by atomic mass is 9.97. The number of aryl methyl sites for hydroxylation is 1. The molecular weight excluding hydrogens is 218 g/mol. The molecule has 0 saturated carbocycles. The Bertz CT molecular complexity index is 430. The highest BCUT2D eigenvalue weighted by atomic mass is 16.5. The first kappa shape index (κ1) is 12.1. The SMILES string of the molecule is CCc1nc(OC2CNCCC2C)cc(=O)[nH]1. The fourth-order valence-electron chi connectivity index (χ4n) is 1.99. The van der Waals surface area contributed by atoms with Crippen LogP contribution in [0.5, 0.6) is 5.88 Å². The molecule has 2 rings (SSSR count). The number of rotatable bonds is 3. The van der Waals surface area contributed by atoms with Crippen molar-refractivity contribution in [2.24, 2.45) is 5.92 Å². The van der Waals surface area contributed by atoms with Crippen molar-refractivity contribution >= 4 is 0 Å². The number of aromatic nitrogens is 2. The van der Waals surface area contributed by atoms with Crippen molar-refractivity contribution in [1.82, 2.24) is 15.3 Å². The maximum atomic E-state index is 11.4. The molecule has 0 aliphatic carbocycles. The largest absolute Gasteiger partial charge is 0.473 e. The molecule has 0 bridgehead atoms. The van der Waals surface area contributed by atoms with E-state index in [0.717, 1.165) is 19.5 Å². The molecule has 1 fully saturated rings. The molecular formula is C12H19N3O2. The molecule has 0 aromatic carbocycles. The summed E-state index contributed by atoms with van der Waals surface area (Å²) in [4.78, 5) is 18.4. The lowest BCUT2D eigenvalue weighted by Crippen LogP contribution is -2.43. The van der Waals surface area contributed by atoms with E-state index < -0.39 is 0 Å². The third-order valence-corrected chi connectivity index (χ3v) is 3.13. The second-order valence-corrected chi connectivity index (χ2v) is 4.51. The number of aromatic amines is 1. The molecule has 1 aliphatic heterocycles. The minimum Gasteiger partial charge on any atom is -0.473 e. The number of nitrogens with one attached hydrogen (secondary N) is 2. The van der Waals surface area contributed by atoms with E-state index in [1.54, 1.807) is 0 Å². The first-order valence-corrected chi connectivity index (χ1v) is 6.16. The van der Waals surface area contributed by atoms with E-state index in [0.29, 0.717) is 24.0 Å². The number of ether oxygens (including phenoxy) is 1. The van der Waals surface area contributed by atoms with Gasteiger partial charge in [0.1, 0.15) is 11.9 Å². The van der Waals surface area contributed by atoms with Gasteiger partial charge in [-0.05, 0) is 18.9 Å². The molecule has 0 amide bonds. The topological polar surface area (TPSA) is 67.0 Å². The highest BCUT2D eigenvalue weighted by molar-refractivity contribution is 5.09. The normalized spacial score (nSPS) is 24.6. The minimum absolute atomic E-state index is 0.0998. The summed E-state index contributed by atoms with van der Waals surface area (Å²) in [7, 11) is 0. The Labute approximate surface area is 101 Å². The van der Waals surface area contributed by atoms with Crippen LogP contribution in [0.2, 0.25) is 0 Å². The summed E-state index contributed by atoms with van der Waals surface area (Å²) in [5.41, 5.74) is -0.150. The van der Waals surface area contributed by atoms with E-state index in [9.17, 15) is 4.79 Å². The Kier molecular flexibility index (Phi) is 3.78. The summed E-state index contributed by atoms with van der Waals surface area (Å²) in [6, 6.07) is 1.42. The first-order chi connectivity index (χ1) is 8.19. The number of hydrogen-bond donors (Lipinski definition) is 2. The molecule has 2 heterocycles. The Morgan fingerprint density at radius 3 is 3.12 bits per heavy atom. The average Bonchev–Trinajstić information content (AvgIpc) is 2.31. The second kappa shape index (κ2) is 5.31. The molecule has 1 aliphatic rings. The molecule has 0 radical (unpaired) electrons. The van der Waals surface area contributed by atoms with Crippen molar-refractivity contribution in [2.45, 2.75) is 32.8 Å². The fraction of sp³-hybridized carbons (Fsp3) is 0.667. The zero-order valence-electron chi connectivity index (χ0n) is 10.3. The maximum Gasteiger partial charge on any atom is 0.254 e. The number of H-pyrrole nitrogens is 1. The van der Waals surface area contributed by atoms with Gasteiger partial charge < -0.3 is 15.0 Å². The van der Waals surface area contributed by atoms with Crippen LogP contribution < -0.4 is 15.6 Å². The van der Waals surface area contributed by atoms with Gasteiger partial charge in [-0.3, -0.25) is 4.79 Å². The average molecular weight is 237 g/mol. The predicted octanol–water partition coefficient (Wildman–Crippen LogP) is 0.709. The van der Waals surface area contributed by atoms with Crippen LogP contribution in [0.1, 0.15) is 26.1 Å². The van der Waals surface area contributed by atoms with Crippen molar-refractivity contribution in [1.29, 1.82) is 0 Å². The van der Waals surface area contributed by atoms with Crippen LogP contribution in [0, 0.1) is 5.92 Å². The summed E-state index contributed by atoms with van der Waals surface area (Å²) >= 11 is 0. The van der Waals surface area contributed by atoms with E-state index in [2.05, 4.69) is 22.2 Å². The van der Waals surface area contributed by atoms with Gasteiger partial charge in [0.25, 0.3) is 5.56 Å². The Balaban J connectivity index is 2.11. The molecule has 1 saturated heterocycles. The minimum atomic E-state index is -0.150. The molecule has 2 atom stereocenters. The van der Waals surface area contributed by atoms with Crippen LogP contribution in [-0.2, 0) is 6.42 Å². The molecule has 2 N–H and O–H groups in total. The molecule has 17 heavy (non-hydrogen) atoms. The predicted molar refractivity (Wildman–Crippen MR) is 65.3 cm³/mol. The lowest BCUT2D eigenvalue weighted by molar-refractivity contribution is 0.109. The van der Waals surface area contributed by atoms with Crippen LogP contribution in [0.25, 0.3) is 0 Å². The maximum absolute atomic E-state index is 11.4. The highest BCUT2D eigenvalue weighted by Gasteiger charge is 2.23. The number of nitrogens with zero attached hydrogens (tertiary/aromatic N) is 1. The van der Waals surface area contributed by atoms with Gasteiger partial charge >= 0.3 is 0 Å². The van der Waals surface area contributed by atoms with Gasteiger partial charge in [0.2, 0.25) is 5.88 Å². The van der Waals surface area contributed by atoms with Crippen LogP contribution in [0.15, 0.2) is 10.9 Å². The van der Waals surface area contributed by atoms with Crippen molar-refractivity contribution in [2.75, 3.05) is 13.1 Å². The molecule has 0 spiro atoms. The number of piperidine rings is 1. The highest BCUT2D eigenvalue weighted by Crippen LogP contribution is 2.17. The monoisotopic (exact) mass is 237 g/mol. The third kappa shape index (κ3) is 3.06. The standard InChI is InChI=1S/C12H19N3O2/c1-3-10-14-11(16)6-12(15-10)17-9-7-13-5-4-8(9)2/h6,8-9,13H,3-5,7H2,1-2H3,(H,14,15,16). The summed E-state index contributed by atoms with van der Waals surface area (Å²) in [5.74, 6) is 1.59. The smallest absolute Gasteiger partial charge is 0.254 e. The summed E-state index contributed by atoms with van der Waals surface area (Å²) in [6.45, 7) is 5.97. The van der Waals surface area contributed by atoms with E-state index in [-0.39, 0.29) is 11.7 Å². The summed E-state index contributed by atoms with van der Waals surface area (Å²) in [6.07, 6.45) is 1.89. The van der Waals surface area contributed by atoms with Gasteiger partial charge in [0.05, 0.1) is 6.07 Å². The van der Waals surface area contributed by atoms with E-state index in [4.69, 9.17) is 4.74 Å². The van der Waals surface area contributed by atoms with Crippen molar-refractivity contribution in [3.05, 3.63) is 22.2 Å². The zero-order valence-corrected chi connectivity index (χ0v) is 10.3. The first-order valence-electron chi connectivity index (χ1n) is 6.16. The summed E-state index contributed by atoms with van der Waals surface area (Å²) < 4.78 is 5.80. The molecule has 5 nitrogen and oxygen atoms in total. The Hall–Kier alpha value is -1.36. The van der Waals surface area contributed by atoms with Gasteiger partial charge in [-0.1, -0.05) is 13.8 Å². The van der Waals surface area contributed by atoms with Crippen LogP contribution in [0.3, 0.4) is 0 Å². The molecule has 1 aromatic rings. The molecule has 1 aromatic heterocycles. The van der Waals surface area contributed by atoms with Crippen LogP contribution in [0.4, 0.5) is 0 Å². The lowest BCUT2D eigenvalue weighted by Gasteiger charge is -2.29. The zero-order chi connectivity index (χ0) is 12.3.